The SMILES string of the molecule is C=CC1=C(/C=C\C)c2ccc(N(c3ccc(C4(c5ccccc5)c5ccccc5C5(c6ccccc6)c6ccccc6-c6cccc4c65)cc3)c3cccc4ccccc34)cc2C1(C)C. The molecule has 3 aliphatic rings. The molecular formula is C64H49N. The Labute approximate surface area is 383 Å². The van der Waals surface area contributed by atoms with Gasteiger partial charge in [-0.3, -0.25) is 0 Å². The molecule has 0 amide bonds. The first-order chi connectivity index (χ1) is 31.9. The summed E-state index contributed by atoms with van der Waals surface area (Å²) < 4.78 is 0. The van der Waals surface area contributed by atoms with Gasteiger partial charge in [0.2, 0.25) is 0 Å². The first kappa shape index (κ1) is 38.9. The van der Waals surface area contributed by atoms with E-state index in [-0.39, 0.29) is 5.41 Å². The Morgan fingerprint density at radius 2 is 1.00 bits per heavy atom. The average Bonchev–Trinajstić information content (AvgIpc) is 3.78. The van der Waals surface area contributed by atoms with Gasteiger partial charge >= 0.3 is 0 Å². The molecule has 0 saturated carbocycles. The summed E-state index contributed by atoms with van der Waals surface area (Å²) in [6.45, 7) is 11.0. The van der Waals surface area contributed by atoms with Gasteiger partial charge in [0.05, 0.1) is 16.5 Å². The zero-order chi connectivity index (χ0) is 43.9. The number of anilines is 3. The molecule has 9 aromatic rings. The molecule has 2 unspecified atom stereocenters. The predicted molar refractivity (Wildman–Crippen MR) is 273 cm³/mol. The highest BCUT2D eigenvalue weighted by Gasteiger charge is 2.57. The molecule has 0 saturated heterocycles. The van der Waals surface area contributed by atoms with E-state index in [1.54, 1.807) is 0 Å². The van der Waals surface area contributed by atoms with E-state index >= 15 is 0 Å². The summed E-state index contributed by atoms with van der Waals surface area (Å²) in [6, 6.07) is 79.9. The van der Waals surface area contributed by atoms with Crippen LogP contribution in [0.2, 0.25) is 0 Å². The Morgan fingerprint density at radius 1 is 0.446 bits per heavy atom. The van der Waals surface area contributed by atoms with Crippen molar-refractivity contribution in [2.45, 2.75) is 37.0 Å². The van der Waals surface area contributed by atoms with Crippen molar-refractivity contribution in [3.8, 4) is 11.1 Å². The largest absolute Gasteiger partial charge is 0.310 e. The lowest BCUT2D eigenvalue weighted by atomic mass is 9.52. The zero-order valence-corrected chi connectivity index (χ0v) is 37.1. The number of nitrogens with zero attached hydrogens (tertiary/aromatic N) is 1. The van der Waals surface area contributed by atoms with Gasteiger partial charge in [-0.25, -0.2) is 0 Å². The number of rotatable bonds is 8. The van der Waals surface area contributed by atoms with Crippen LogP contribution < -0.4 is 4.90 Å². The minimum atomic E-state index is -0.625. The second-order valence-electron chi connectivity index (χ2n) is 18.3. The minimum Gasteiger partial charge on any atom is -0.310 e. The summed E-state index contributed by atoms with van der Waals surface area (Å²) in [7, 11) is 0. The number of fused-ring (bicyclic) bond motifs is 7. The summed E-state index contributed by atoms with van der Waals surface area (Å²) in [5.74, 6) is 0. The van der Waals surface area contributed by atoms with E-state index in [4.69, 9.17) is 0 Å². The van der Waals surface area contributed by atoms with E-state index in [0.717, 1.165) is 17.1 Å². The van der Waals surface area contributed by atoms with Crippen molar-refractivity contribution in [1.29, 1.82) is 0 Å². The van der Waals surface area contributed by atoms with Gasteiger partial charge in [-0.15, -0.1) is 0 Å². The van der Waals surface area contributed by atoms with Crippen LogP contribution in [0.15, 0.2) is 243 Å². The molecule has 310 valence electrons. The molecule has 0 aromatic heterocycles. The Morgan fingerprint density at radius 3 is 1.72 bits per heavy atom. The topological polar surface area (TPSA) is 3.24 Å². The normalized spacial score (nSPS) is 18.6. The van der Waals surface area contributed by atoms with Crippen LogP contribution >= 0.6 is 0 Å². The molecule has 0 fully saturated rings. The molecule has 0 heterocycles. The number of hydrogen-bond acceptors (Lipinski definition) is 1. The molecule has 0 radical (unpaired) electrons. The molecular weight excluding hydrogens is 783 g/mol. The molecule has 12 rings (SSSR count). The van der Waals surface area contributed by atoms with Gasteiger partial charge in [0.1, 0.15) is 0 Å². The van der Waals surface area contributed by atoms with E-state index in [9.17, 15) is 0 Å². The van der Waals surface area contributed by atoms with E-state index in [0.29, 0.717) is 0 Å². The van der Waals surface area contributed by atoms with Crippen LogP contribution in [0.1, 0.15) is 76.4 Å². The monoisotopic (exact) mass is 831 g/mol. The van der Waals surface area contributed by atoms with E-state index in [1.165, 1.54) is 88.7 Å². The van der Waals surface area contributed by atoms with Crippen LogP contribution in [0, 0.1) is 0 Å². The predicted octanol–water partition coefficient (Wildman–Crippen LogP) is 16.2. The lowest BCUT2D eigenvalue weighted by Crippen LogP contribution is -2.44. The number of allylic oxidation sites excluding steroid dienone is 5. The molecule has 65 heavy (non-hydrogen) atoms. The molecule has 1 heteroatoms. The highest BCUT2D eigenvalue weighted by atomic mass is 15.1. The fourth-order valence-corrected chi connectivity index (χ4v) is 12.3. The Hall–Kier alpha value is -7.74. The fraction of sp³-hybridized carbons (Fsp3) is 0.0938. The summed E-state index contributed by atoms with van der Waals surface area (Å²) in [5, 5.41) is 2.42. The Kier molecular flexibility index (Phi) is 8.77. The van der Waals surface area contributed by atoms with Crippen molar-refractivity contribution < 1.29 is 0 Å². The lowest BCUT2D eigenvalue weighted by molar-refractivity contribution is 0.626. The molecule has 0 aliphatic heterocycles. The lowest BCUT2D eigenvalue weighted by Gasteiger charge is -2.49. The molecule has 0 N–H and O–H groups in total. The first-order valence-electron chi connectivity index (χ1n) is 22.9. The van der Waals surface area contributed by atoms with Crippen molar-refractivity contribution >= 4 is 33.4 Å². The quantitative estimate of drug-likeness (QED) is 0.147. The van der Waals surface area contributed by atoms with Crippen LogP contribution in [0.25, 0.3) is 27.5 Å². The number of benzene rings is 9. The van der Waals surface area contributed by atoms with Gasteiger partial charge in [0, 0.05) is 22.2 Å². The first-order valence-corrected chi connectivity index (χ1v) is 22.9. The smallest absolute Gasteiger partial charge is 0.0720 e. The molecule has 1 nitrogen and oxygen atoms in total. The molecule has 3 aliphatic carbocycles. The van der Waals surface area contributed by atoms with Crippen LogP contribution in [0.5, 0.6) is 0 Å². The molecule has 9 aromatic carbocycles. The van der Waals surface area contributed by atoms with E-state index < -0.39 is 10.8 Å². The molecule has 0 bridgehead atoms. The zero-order valence-electron chi connectivity index (χ0n) is 37.1. The van der Waals surface area contributed by atoms with Crippen molar-refractivity contribution in [1.82, 2.24) is 0 Å². The van der Waals surface area contributed by atoms with Gasteiger partial charge in [0.15, 0.2) is 0 Å². The third kappa shape index (κ3) is 5.27. The summed E-state index contributed by atoms with van der Waals surface area (Å²) in [5.41, 5.74) is 20.2. The molecule has 2 atom stereocenters. The maximum absolute atomic E-state index is 4.28. The van der Waals surface area contributed by atoms with Crippen LogP contribution in [0.4, 0.5) is 17.1 Å². The van der Waals surface area contributed by atoms with Gasteiger partial charge in [-0.2, -0.15) is 0 Å². The van der Waals surface area contributed by atoms with Crippen molar-refractivity contribution in [2.24, 2.45) is 0 Å². The van der Waals surface area contributed by atoms with Gasteiger partial charge < -0.3 is 4.90 Å². The minimum absolute atomic E-state index is 0.211. The van der Waals surface area contributed by atoms with Crippen molar-refractivity contribution in [2.75, 3.05) is 4.90 Å². The molecule has 0 spiro atoms. The standard InChI is InChI=1S/C64H49N/c1-5-21-50-52-41-40-48(42-59(52)62(3,4)54(50)6-2)65(60-35-19-23-43-22-13-14-28-49(43)60)47-38-36-46(37-39-47)63(44-24-9-7-10-25-44)56-32-17-18-33-57(56)64(45-26-11-8-12-27-45)55-31-16-15-29-51(55)53-30-20-34-58(63)61(53)64/h5-42H,2H2,1,3-4H3/b21-5-. The highest BCUT2D eigenvalue weighted by Crippen LogP contribution is 2.66. The Bertz CT molecular complexity index is 3420. The summed E-state index contributed by atoms with van der Waals surface area (Å²) in [4.78, 5) is 2.46. The van der Waals surface area contributed by atoms with E-state index in [2.05, 4.69) is 257 Å². The van der Waals surface area contributed by atoms with E-state index in [1.807, 2.05) is 6.08 Å². The fourth-order valence-electron chi connectivity index (χ4n) is 12.3. The summed E-state index contributed by atoms with van der Waals surface area (Å²) >= 11 is 0. The third-order valence-corrected chi connectivity index (χ3v) is 14.9. The van der Waals surface area contributed by atoms with Gasteiger partial charge in [0.25, 0.3) is 0 Å². The van der Waals surface area contributed by atoms with Crippen LogP contribution in [0.3, 0.4) is 0 Å². The van der Waals surface area contributed by atoms with Crippen LogP contribution in [-0.4, -0.2) is 0 Å². The Balaban J connectivity index is 1.12. The van der Waals surface area contributed by atoms with Crippen LogP contribution in [-0.2, 0) is 16.2 Å². The van der Waals surface area contributed by atoms with Gasteiger partial charge in [-0.1, -0.05) is 221 Å². The summed E-state index contributed by atoms with van der Waals surface area (Å²) in [6.07, 6.45) is 6.42. The van der Waals surface area contributed by atoms with Crippen molar-refractivity contribution in [3.05, 3.63) is 298 Å². The average molecular weight is 832 g/mol. The maximum Gasteiger partial charge on any atom is 0.0720 e. The second-order valence-corrected chi connectivity index (χ2v) is 18.3. The van der Waals surface area contributed by atoms with Gasteiger partial charge in [-0.05, 0) is 121 Å². The highest BCUT2D eigenvalue weighted by molar-refractivity contribution is 6.00. The van der Waals surface area contributed by atoms with Crippen molar-refractivity contribution in [3.63, 3.8) is 0 Å². The maximum atomic E-state index is 4.28. The third-order valence-electron chi connectivity index (χ3n) is 14.9. The second kappa shape index (κ2) is 14.7. The number of hydrogen-bond donors (Lipinski definition) is 0.